The van der Waals surface area contributed by atoms with Crippen LogP contribution in [0.25, 0.3) is 10.2 Å². The maximum absolute atomic E-state index is 13.1. The zero-order valence-corrected chi connectivity index (χ0v) is 23.4. The SMILES string of the molecule is CCOC(=O)Cn1c(=NC(=O)c2ccc(NS(=O)(=O)c3ccc(C)cc3)cc2)sc2cc(OC)c(OC)cc21. The molecule has 4 aromatic rings. The van der Waals surface area contributed by atoms with E-state index in [2.05, 4.69) is 9.71 Å². The summed E-state index contributed by atoms with van der Waals surface area (Å²) in [7, 11) is -0.762. The lowest BCUT2D eigenvalue weighted by Crippen LogP contribution is -2.23. The fourth-order valence-electron chi connectivity index (χ4n) is 3.73. The average molecular weight is 570 g/mol. The van der Waals surface area contributed by atoms with Gasteiger partial charge in [0, 0.05) is 23.4 Å². The summed E-state index contributed by atoms with van der Waals surface area (Å²) in [4.78, 5) is 30.1. The van der Waals surface area contributed by atoms with Gasteiger partial charge in [0.15, 0.2) is 16.3 Å². The van der Waals surface area contributed by atoms with E-state index in [9.17, 15) is 18.0 Å². The van der Waals surface area contributed by atoms with Crippen LogP contribution in [0.15, 0.2) is 70.6 Å². The van der Waals surface area contributed by atoms with Gasteiger partial charge < -0.3 is 18.8 Å². The Labute approximate surface area is 229 Å². The number of hydrogen-bond donors (Lipinski definition) is 1. The molecule has 3 aromatic carbocycles. The van der Waals surface area contributed by atoms with E-state index in [-0.39, 0.29) is 28.4 Å². The van der Waals surface area contributed by atoms with Gasteiger partial charge in [0.1, 0.15) is 6.54 Å². The maximum atomic E-state index is 13.1. The van der Waals surface area contributed by atoms with Gasteiger partial charge >= 0.3 is 5.97 Å². The average Bonchev–Trinajstić information content (AvgIpc) is 3.23. The summed E-state index contributed by atoms with van der Waals surface area (Å²) in [6.07, 6.45) is 0. The van der Waals surface area contributed by atoms with E-state index in [1.807, 2.05) is 6.92 Å². The van der Waals surface area contributed by atoms with Gasteiger partial charge in [-0.1, -0.05) is 29.0 Å². The Balaban J connectivity index is 1.66. The van der Waals surface area contributed by atoms with E-state index >= 15 is 0 Å². The highest BCUT2D eigenvalue weighted by atomic mass is 32.2. The third-order valence-corrected chi connectivity index (χ3v) is 8.13. The number of carbonyl (C=O) groups excluding carboxylic acids is 2. The normalized spacial score (nSPS) is 11.8. The first-order chi connectivity index (χ1) is 18.6. The largest absolute Gasteiger partial charge is 0.493 e. The molecule has 0 aliphatic heterocycles. The van der Waals surface area contributed by atoms with E-state index < -0.39 is 21.9 Å². The number of anilines is 1. The van der Waals surface area contributed by atoms with Crippen molar-refractivity contribution in [3.8, 4) is 11.5 Å². The minimum absolute atomic E-state index is 0.132. The summed E-state index contributed by atoms with van der Waals surface area (Å²) < 4.78 is 46.0. The monoisotopic (exact) mass is 569 g/mol. The standard InChI is InChI=1S/C27H27N3O7S2/c1-5-37-25(31)16-30-21-14-22(35-3)23(36-4)15-24(21)38-27(30)28-26(32)18-8-10-19(11-9-18)29-39(33,34)20-12-6-17(2)7-13-20/h6-15,29H,5,16H2,1-4H3. The molecule has 204 valence electrons. The van der Waals surface area contributed by atoms with Gasteiger partial charge in [0.05, 0.1) is 35.9 Å². The molecule has 1 N–H and O–H groups in total. The van der Waals surface area contributed by atoms with Crippen LogP contribution < -0.4 is 19.0 Å². The highest BCUT2D eigenvalue weighted by Gasteiger charge is 2.17. The van der Waals surface area contributed by atoms with Gasteiger partial charge in [0.25, 0.3) is 15.9 Å². The number of carbonyl (C=O) groups is 2. The molecule has 0 radical (unpaired) electrons. The van der Waals surface area contributed by atoms with Crippen molar-refractivity contribution < 1.29 is 32.2 Å². The minimum atomic E-state index is -3.78. The molecule has 12 heteroatoms. The van der Waals surface area contributed by atoms with Crippen molar-refractivity contribution in [2.24, 2.45) is 4.99 Å². The molecule has 0 saturated carbocycles. The van der Waals surface area contributed by atoms with Crippen LogP contribution in [0.1, 0.15) is 22.8 Å². The predicted molar refractivity (Wildman–Crippen MR) is 148 cm³/mol. The molecule has 4 rings (SSSR count). The molecule has 1 aromatic heterocycles. The number of esters is 1. The molecular formula is C27H27N3O7S2. The highest BCUT2D eigenvalue weighted by molar-refractivity contribution is 7.92. The molecule has 0 unspecified atom stereocenters. The van der Waals surface area contributed by atoms with E-state index in [1.54, 1.807) is 35.8 Å². The second kappa shape index (κ2) is 11.7. The Bertz CT molecular complexity index is 1690. The summed E-state index contributed by atoms with van der Waals surface area (Å²) in [5, 5.41) is 0. The number of fused-ring (bicyclic) bond motifs is 1. The second-order valence-corrected chi connectivity index (χ2v) is 11.1. The first-order valence-corrected chi connectivity index (χ1v) is 14.1. The van der Waals surface area contributed by atoms with Crippen LogP contribution in [0.5, 0.6) is 11.5 Å². The molecule has 1 heterocycles. The Morgan fingerprint density at radius 2 is 1.62 bits per heavy atom. The van der Waals surface area contributed by atoms with E-state index in [1.165, 1.54) is 62.0 Å². The number of nitrogens with zero attached hydrogens (tertiary/aromatic N) is 2. The number of aryl methyl sites for hydroxylation is 1. The van der Waals surface area contributed by atoms with E-state index in [0.29, 0.717) is 22.7 Å². The second-order valence-electron chi connectivity index (χ2n) is 8.36. The van der Waals surface area contributed by atoms with Gasteiger partial charge in [0.2, 0.25) is 0 Å². The Kier molecular flexibility index (Phi) is 8.36. The summed E-state index contributed by atoms with van der Waals surface area (Å²) in [5.41, 5.74) is 2.10. The van der Waals surface area contributed by atoms with Crippen molar-refractivity contribution >= 4 is 49.1 Å². The molecule has 0 saturated heterocycles. The molecule has 0 spiro atoms. The first-order valence-electron chi connectivity index (χ1n) is 11.8. The van der Waals surface area contributed by atoms with Crippen LogP contribution in [-0.2, 0) is 26.1 Å². The number of benzene rings is 3. The molecule has 10 nitrogen and oxygen atoms in total. The van der Waals surface area contributed by atoms with Crippen molar-refractivity contribution in [2.45, 2.75) is 25.3 Å². The molecule has 39 heavy (non-hydrogen) atoms. The fraction of sp³-hybridized carbons (Fsp3) is 0.222. The number of rotatable bonds is 9. The smallest absolute Gasteiger partial charge is 0.326 e. The number of thiazole rings is 1. The highest BCUT2D eigenvalue weighted by Crippen LogP contribution is 2.33. The van der Waals surface area contributed by atoms with Gasteiger partial charge in [-0.3, -0.25) is 14.3 Å². The van der Waals surface area contributed by atoms with Crippen LogP contribution in [-0.4, -0.2) is 45.7 Å². The maximum Gasteiger partial charge on any atom is 0.326 e. The molecule has 1 amide bonds. The lowest BCUT2D eigenvalue weighted by atomic mass is 10.2. The van der Waals surface area contributed by atoms with Gasteiger partial charge in [-0.2, -0.15) is 4.99 Å². The third-order valence-electron chi connectivity index (χ3n) is 5.69. The van der Waals surface area contributed by atoms with Crippen molar-refractivity contribution in [1.82, 2.24) is 4.57 Å². The quantitative estimate of drug-likeness (QED) is 0.301. The predicted octanol–water partition coefficient (Wildman–Crippen LogP) is 4.13. The van der Waals surface area contributed by atoms with Crippen molar-refractivity contribution in [3.63, 3.8) is 0 Å². The fourth-order valence-corrected chi connectivity index (χ4v) is 5.83. The minimum Gasteiger partial charge on any atom is -0.493 e. The van der Waals surface area contributed by atoms with Crippen molar-refractivity contribution in [2.75, 3.05) is 25.5 Å². The van der Waals surface area contributed by atoms with Crippen molar-refractivity contribution in [3.05, 3.63) is 76.6 Å². The number of sulfonamides is 1. The summed E-state index contributed by atoms with van der Waals surface area (Å²) in [5.74, 6) is -0.0878. The molecule has 0 aliphatic rings. The number of methoxy groups -OCH3 is 2. The summed E-state index contributed by atoms with van der Waals surface area (Å²) >= 11 is 1.21. The summed E-state index contributed by atoms with van der Waals surface area (Å²) in [6, 6.07) is 15.9. The van der Waals surface area contributed by atoms with Gasteiger partial charge in [-0.25, -0.2) is 8.42 Å². The topological polar surface area (TPSA) is 125 Å². The molecule has 0 bridgehead atoms. The van der Waals surface area contributed by atoms with Crippen LogP contribution in [0.3, 0.4) is 0 Å². The van der Waals surface area contributed by atoms with E-state index in [0.717, 1.165) is 10.3 Å². The Morgan fingerprint density at radius 1 is 0.974 bits per heavy atom. The van der Waals surface area contributed by atoms with Crippen LogP contribution in [0.4, 0.5) is 5.69 Å². The van der Waals surface area contributed by atoms with Crippen LogP contribution in [0.2, 0.25) is 0 Å². The van der Waals surface area contributed by atoms with Gasteiger partial charge in [-0.15, -0.1) is 0 Å². The first kappa shape index (κ1) is 27.9. The van der Waals surface area contributed by atoms with Crippen molar-refractivity contribution in [1.29, 1.82) is 0 Å². The van der Waals surface area contributed by atoms with E-state index in [4.69, 9.17) is 14.2 Å². The Hall–Kier alpha value is -4.16. The zero-order valence-electron chi connectivity index (χ0n) is 21.8. The van der Waals surface area contributed by atoms with Crippen LogP contribution >= 0.6 is 11.3 Å². The molecule has 0 aliphatic carbocycles. The lowest BCUT2D eigenvalue weighted by molar-refractivity contribution is -0.143. The molecular weight excluding hydrogens is 542 g/mol. The number of ether oxygens (including phenoxy) is 3. The van der Waals surface area contributed by atoms with Crippen LogP contribution in [0, 0.1) is 6.92 Å². The number of hydrogen-bond acceptors (Lipinski definition) is 8. The molecule has 0 atom stereocenters. The third kappa shape index (κ3) is 6.29. The Morgan fingerprint density at radius 3 is 2.23 bits per heavy atom. The zero-order chi connectivity index (χ0) is 28.2. The molecule has 0 fully saturated rings. The summed E-state index contributed by atoms with van der Waals surface area (Å²) in [6.45, 7) is 3.64. The van der Waals surface area contributed by atoms with Gasteiger partial charge in [-0.05, 0) is 50.2 Å². The lowest BCUT2D eigenvalue weighted by Gasteiger charge is -2.09. The number of amides is 1. The number of aromatic nitrogens is 1. The number of nitrogens with one attached hydrogen (secondary N) is 1.